The van der Waals surface area contributed by atoms with Gasteiger partial charge in [0.2, 0.25) is 0 Å². The van der Waals surface area contributed by atoms with E-state index in [2.05, 4.69) is 34.4 Å². The van der Waals surface area contributed by atoms with Crippen LogP contribution in [0.3, 0.4) is 0 Å². The van der Waals surface area contributed by atoms with E-state index in [1.54, 1.807) is 18.2 Å². The molecule has 0 unspecified atom stereocenters. The van der Waals surface area contributed by atoms with Crippen LogP contribution >= 0.6 is 34.3 Å². The number of thiazole rings is 1. The Hall–Kier alpha value is -2.79. The number of aromatic nitrogens is 1. The van der Waals surface area contributed by atoms with Crippen LogP contribution in [0.5, 0.6) is 0 Å². The minimum absolute atomic E-state index is 0.0291. The van der Waals surface area contributed by atoms with Crippen LogP contribution in [0.2, 0.25) is 4.34 Å². The minimum Gasteiger partial charge on any atom is -0.478 e. The molecule has 1 aromatic carbocycles. The highest BCUT2D eigenvalue weighted by atomic mass is 35.5. The molecule has 0 fully saturated rings. The van der Waals surface area contributed by atoms with E-state index in [1.165, 1.54) is 23.5 Å². The van der Waals surface area contributed by atoms with Gasteiger partial charge in [-0.15, -0.1) is 22.7 Å². The second-order valence-electron chi connectivity index (χ2n) is 8.12. The second-order valence-corrected chi connectivity index (χ2v) is 10.9. The number of carbonyl (C=O) groups excluding carboxylic acids is 2. The number of carbonyl (C=O) groups is 3. The maximum atomic E-state index is 13.0. The van der Waals surface area contributed by atoms with Crippen molar-refractivity contribution in [2.45, 2.75) is 39.4 Å². The number of anilines is 1. The van der Waals surface area contributed by atoms with Gasteiger partial charge >= 0.3 is 5.97 Å². The molecule has 0 aliphatic carbocycles. The van der Waals surface area contributed by atoms with E-state index in [-0.39, 0.29) is 18.0 Å². The van der Waals surface area contributed by atoms with Crippen molar-refractivity contribution < 1.29 is 19.5 Å². The summed E-state index contributed by atoms with van der Waals surface area (Å²) in [5.41, 5.74) is 1.85. The van der Waals surface area contributed by atoms with E-state index in [1.807, 2.05) is 0 Å². The van der Waals surface area contributed by atoms with Crippen molar-refractivity contribution in [3.05, 3.63) is 66.3 Å². The van der Waals surface area contributed by atoms with Crippen molar-refractivity contribution in [3.63, 3.8) is 0 Å². The largest absolute Gasteiger partial charge is 0.478 e. The fourth-order valence-electron chi connectivity index (χ4n) is 3.61. The number of fused-ring (bicyclic) bond motifs is 1. The monoisotopic (exact) mass is 518 g/mol. The first-order valence-electron chi connectivity index (χ1n) is 10.6. The molecular weight excluding hydrogens is 496 g/mol. The highest BCUT2D eigenvalue weighted by Crippen LogP contribution is 2.28. The first kappa shape index (κ1) is 24.3. The van der Waals surface area contributed by atoms with Crippen LogP contribution in [-0.4, -0.2) is 45.4 Å². The highest BCUT2D eigenvalue weighted by molar-refractivity contribution is 7.18. The van der Waals surface area contributed by atoms with Gasteiger partial charge in [0.05, 0.1) is 20.5 Å². The summed E-state index contributed by atoms with van der Waals surface area (Å²) < 4.78 is 0.506. The van der Waals surface area contributed by atoms with Crippen LogP contribution in [0.1, 0.15) is 59.8 Å². The number of aromatic carboxylic acids is 1. The van der Waals surface area contributed by atoms with Crippen molar-refractivity contribution in [2.75, 3.05) is 11.9 Å². The minimum atomic E-state index is -1.11. The molecule has 0 bridgehead atoms. The molecule has 1 aliphatic heterocycles. The van der Waals surface area contributed by atoms with Crippen molar-refractivity contribution in [3.8, 4) is 0 Å². The fourth-order valence-corrected chi connectivity index (χ4v) is 5.60. The maximum absolute atomic E-state index is 13.0. The number of thiophene rings is 1. The summed E-state index contributed by atoms with van der Waals surface area (Å²) in [4.78, 5) is 45.3. The molecule has 34 heavy (non-hydrogen) atoms. The Bertz CT molecular complexity index is 1250. The summed E-state index contributed by atoms with van der Waals surface area (Å²) in [6.45, 7) is 6.04. The Kier molecular flexibility index (Phi) is 7.32. The lowest BCUT2D eigenvalue weighted by Gasteiger charge is -2.29. The summed E-state index contributed by atoms with van der Waals surface area (Å²) in [7, 11) is 0. The van der Waals surface area contributed by atoms with Crippen molar-refractivity contribution in [1.29, 1.82) is 0 Å². The molecule has 0 spiro atoms. The molecule has 3 N–H and O–H groups in total. The molecule has 0 radical (unpaired) electrons. The van der Waals surface area contributed by atoms with Crippen LogP contribution in [0.15, 0.2) is 30.3 Å². The fraction of sp³-hybridized carbons (Fsp3) is 0.304. The summed E-state index contributed by atoms with van der Waals surface area (Å²) >= 11 is 8.41. The predicted octanol–water partition coefficient (Wildman–Crippen LogP) is 4.51. The van der Waals surface area contributed by atoms with Crippen LogP contribution in [0.4, 0.5) is 5.69 Å². The molecule has 0 saturated carbocycles. The van der Waals surface area contributed by atoms with Crippen molar-refractivity contribution in [2.24, 2.45) is 0 Å². The van der Waals surface area contributed by atoms with Gasteiger partial charge in [-0.3, -0.25) is 14.5 Å². The molecular formula is C23H23ClN4O4S2. The number of benzene rings is 1. The second kappa shape index (κ2) is 10.2. The van der Waals surface area contributed by atoms with Gasteiger partial charge in [-0.25, -0.2) is 9.78 Å². The number of carboxylic acid groups (broad SMARTS) is 1. The number of hydrogen-bond acceptors (Lipinski definition) is 7. The lowest BCUT2D eigenvalue weighted by Crippen LogP contribution is -2.35. The van der Waals surface area contributed by atoms with Gasteiger partial charge in [-0.2, -0.15) is 0 Å². The van der Waals surface area contributed by atoms with E-state index < -0.39 is 11.9 Å². The van der Waals surface area contributed by atoms with Gasteiger partial charge in [-0.05, 0) is 43.7 Å². The predicted molar refractivity (Wildman–Crippen MR) is 133 cm³/mol. The first-order chi connectivity index (χ1) is 16.2. The standard InChI is InChI=1S/C23H23ClN4O4S2/c1-12(2)28-8-7-15-18(11-28)34-22(27-15)21(30)26-16-9-13(23(31)32)3-4-14(16)10-25-20(29)17-5-6-19(24)33-17/h3-6,9,12H,7-8,10-11H2,1-2H3,(H,25,29)(H,26,30)(H,31,32). The zero-order valence-electron chi connectivity index (χ0n) is 18.6. The lowest BCUT2D eigenvalue weighted by molar-refractivity contribution is 0.0696. The average molecular weight is 519 g/mol. The van der Waals surface area contributed by atoms with Gasteiger partial charge in [-0.1, -0.05) is 17.7 Å². The third-order valence-electron chi connectivity index (χ3n) is 5.53. The zero-order valence-corrected chi connectivity index (χ0v) is 20.9. The SMILES string of the molecule is CC(C)N1CCc2nc(C(=O)Nc3cc(C(=O)O)ccc3CNC(=O)c3ccc(Cl)s3)sc2C1. The smallest absolute Gasteiger partial charge is 0.335 e. The van der Waals surface area contributed by atoms with Crippen molar-refractivity contribution >= 4 is 57.7 Å². The Balaban J connectivity index is 1.52. The molecule has 11 heteroatoms. The number of nitrogens with one attached hydrogen (secondary N) is 2. The molecule has 2 aromatic heterocycles. The number of hydrogen-bond donors (Lipinski definition) is 3. The molecule has 0 atom stereocenters. The Morgan fingerprint density at radius 2 is 1.97 bits per heavy atom. The molecule has 2 amide bonds. The third kappa shape index (κ3) is 5.47. The molecule has 0 saturated heterocycles. The van der Waals surface area contributed by atoms with Crippen LogP contribution in [-0.2, 0) is 19.5 Å². The van der Waals surface area contributed by atoms with Gasteiger partial charge in [0.25, 0.3) is 11.8 Å². The van der Waals surface area contributed by atoms with Gasteiger partial charge in [0, 0.05) is 42.7 Å². The summed E-state index contributed by atoms with van der Waals surface area (Å²) in [5, 5.41) is 15.3. The third-order valence-corrected chi connectivity index (χ3v) is 7.84. The Morgan fingerprint density at radius 1 is 1.18 bits per heavy atom. The van der Waals surface area contributed by atoms with E-state index in [0.29, 0.717) is 31.5 Å². The zero-order chi connectivity index (χ0) is 24.4. The van der Waals surface area contributed by atoms with Crippen LogP contribution < -0.4 is 10.6 Å². The number of amides is 2. The molecule has 3 heterocycles. The van der Waals surface area contributed by atoms with E-state index in [0.717, 1.165) is 41.4 Å². The average Bonchev–Trinajstić information content (AvgIpc) is 3.43. The summed E-state index contributed by atoms with van der Waals surface area (Å²) in [6, 6.07) is 8.08. The quantitative estimate of drug-likeness (QED) is 0.424. The lowest BCUT2D eigenvalue weighted by atomic mass is 10.1. The molecule has 3 aromatic rings. The summed E-state index contributed by atoms with van der Waals surface area (Å²) in [5.74, 6) is -1.83. The van der Waals surface area contributed by atoms with Gasteiger partial charge in [0.15, 0.2) is 5.01 Å². The molecule has 178 valence electrons. The Labute approximate surface area is 209 Å². The molecule has 4 rings (SSSR count). The number of halogens is 1. The van der Waals surface area contributed by atoms with Crippen molar-refractivity contribution in [1.82, 2.24) is 15.2 Å². The normalized spacial score (nSPS) is 13.5. The van der Waals surface area contributed by atoms with E-state index >= 15 is 0 Å². The molecule has 8 nitrogen and oxygen atoms in total. The number of rotatable bonds is 7. The Morgan fingerprint density at radius 3 is 2.65 bits per heavy atom. The van der Waals surface area contributed by atoms with E-state index in [9.17, 15) is 19.5 Å². The number of nitrogens with zero attached hydrogens (tertiary/aromatic N) is 2. The van der Waals surface area contributed by atoms with Crippen LogP contribution in [0, 0.1) is 0 Å². The van der Waals surface area contributed by atoms with Crippen LogP contribution in [0.25, 0.3) is 0 Å². The maximum Gasteiger partial charge on any atom is 0.335 e. The van der Waals surface area contributed by atoms with Gasteiger partial charge < -0.3 is 15.7 Å². The topological polar surface area (TPSA) is 112 Å². The summed E-state index contributed by atoms with van der Waals surface area (Å²) in [6.07, 6.45) is 0.788. The molecule has 1 aliphatic rings. The van der Waals surface area contributed by atoms with E-state index in [4.69, 9.17) is 11.6 Å². The highest BCUT2D eigenvalue weighted by Gasteiger charge is 2.25. The number of carboxylic acids is 1. The van der Waals surface area contributed by atoms with Gasteiger partial charge in [0.1, 0.15) is 0 Å². The first-order valence-corrected chi connectivity index (χ1v) is 12.7.